The van der Waals surface area contributed by atoms with E-state index in [4.69, 9.17) is 11.6 Å². The van der Waals surface area contributed by atoms with Gasteiger partial charge in [0.15, 0.2) is 5.78 Å². The molecule has 0 radical (unpaired) electrons. The third-order valence-corrected chi connectivity index (χ3v) is 3.98. The molecule has 0 spiro atoms. The first kappa shape index (κ1) is 15.5. The van der Waals surface area contributed by atoms with Gasteiger partial charge < -0.3 is 10.6 Å². The Balaban J connectivity index is 2.53. The van der Waals surface area contributed by atoms with Gasteiger partial charge in [0.1, 0.15) is 0 Å². The van der Waals surface area contributed by atoms with E-state index >= 15 is 0 Å². The van der Waals surface area contributed by atoms with Crippen molar-refractivity contribution in [1.82, 2.24) is 5.32 Å². The fraction of sp³-hybridized carbons (Fsp3) is 0.400. The second-order valence-corrected chi connectivity index (χ2v) is 5.63. The third kappa shape index (κ3) is 3.08. The van der Waals surface area contributed by atoms with Crippen molar-refractivity contribution >= 4 is 34.9 Å². The van der Waals surface area contributed by atoms with Crippen LogP contribution in [0.1, 0.15) is 41.8 Å². The summed E-state index contributed by atoms with van der Waals surface area (Å²) in [6, 6.07) is 1.04. The molecule has 0 aromatic heterocycles. The second-order valence-electron chi connectivity index (χ2n) is 5.22. The van der Waals surface area contributed by atoms with E-state index in [-0.39, 0.29) is 17.6 Å². The van der Waals surface area contributed by atoms with Crippen molar-refractivity contribution < 1.29 is 14.4 Å². The van der Waals surface area contributed by atoms with Gasteiger partial charge in [0.05, 0.1) is 11.7 Å². The van der Waals surface area contributed by atoms with Crippen molar-refractivity contribution in [1.29, 1.82) is 0 Å². The number of carbonyl (C=O) groups excluding carboxylic acids is 3. The van der Waals surface area contributed by atoms with Crippen LogP contribution in [0, 0.1) is 6.92 Å². The average Bonchev–Trinajstić information content (AvgIpc) is 2.37. The molecule has 5 nitrogen and oxygen atoms in total. The Morgan fingerprint density at radius 2 is 1.95 bits per heavy atom. The lowest BCUT2D eigenvalue weighted by atomic mass is 9.83. The Kier molecular flexibility index (Phi) is 4.32. The van der Waals surface area contributed by atoms with Crippen LogP contribution in [-0.4, -0.2) is 23.6 Å². The van der Waals surface area contributed by atoms with Crippen molar-refractivity contribution in [2.45, 2.75) is 39.7 Å². The minimum atomic E-state index is -0.553. The summed E-state index contributed by atoms with van der Waals surface area (Å²) in [5.41, 5.74) is 2.55. The summed E-state index contributed by atoms with van der Waals surface area (Å²) in [5.74, 6) is -0.704. The van der Waals surface area contributed by atoms with Gasteiger partial charge in [0.2, 0.25) is 11.8 Å². The predicted molar refractivity (Wildman–Crippen MR) is 80.7 cm³/mol. The average molecular weight is 309 g/mol. The zero-order valence-electron chi connectivity index (χ0n) is 12.2. The standard InChI is InChI=1S/C15H17ClN2O3/c1-7-10-4-5-12(17-8(2)19)15(21)14(10)13(6-11(7)16)18-9(3)20/h6,12H,4-5H2,1-3H3,(H,17,19)(H,18,20). The van der Waals surface area contributed by atoms with Gasteiger partial charge in [-0.1, -0.05) is 11.6 Å². The molecule has 1 unspecified atom stereocenters. The number of ketones is 1. The smallest absolute Gasteiger partial charge is 0.221 e. The van der Waals surface area contributed by atoms with E-state index in [1.807, 2.05) is 6.92 Å². The number of nitrogens with one attached hydrogen (secondary N) is 2. The maximum atomic E-state index is 12.6. The molecule has 1 aliphatic carbocycles. The molecule has 2 rings (SSSR count). The molecule has 0 fully saturated rings. The topological polar surface area (TPSA) is 75.3 Å². The van der Waals surface area contributed by atoms with E-state index in [2.05, 4.69) is 10.6 Å². The van der Waals surface area contributed by atoms with Gasteiger partial charge in [0.25, 0.3) is 0 Å². The molecule has 0 aliphatic heterocycles. The Morgan fingerprint density at radius 1 is 1.29 bits per heavy atom. The summed E-state index contributed by atoms with van der Waals surface area (Å²) >= 11 is 6.17. The normalized spacial score (nSPS) is 17.1. The van der Waals surface area contributed by atoms with E-state index in [0.717, 1.165) is 11.1 Å². The lowest BCUT2D eigenvalue weighted by molar-refractivity contribution is -0.119. The number of anilines is 1. The lowest BCUT2D eigenvalue weighted by Gasteiger charge is -2.27. The zero-order chi connectivity index (χ0) is 15.7. The maximum Gasteiger partial charge on any atom is 0.221 e. The maximum absolute atomic E-state index is 12.6. The van der Waals surface area contributed by atoms with Crippen molar-refractivity contribution in [2.75, 3.05) is 5.32 Å². The largest absolute Gasteiger partial charge is 0.346 e. The molecule has 0 saturated heterocycles. The van der Waals surface area contributed by atoms with Gasteiger partial charge in [-0.15, -0.1) is 0 Å². The van der Waals surface area contributed by atoms with Gasteiger partial charge >= 0.3 is 0 Å². The molecule has 6 heteroatoms. The molecular formula is C15H17ClN2O3. The molecule has 1 atom stereocenters. The first-order valence-electron chi connectivity index (χ1n) is 6.72. The number of fused-ring (bicyclic) bond motifs is 1. The highest BCUT2D eigenvalue weighted by Crippen LogP contribution is 2.35. The van der Waals surface area contributed by atoms with Crippen molar-refractivity contribution in [3.8, 4) is 0 Å². The summed E-state index contributed by atoms with van der Waals surface area (Å²) < 4.78 is 0. The van der Waals surface area contributed by atoms with Gasteiger partial charge in [-0.3, -0.25) is 14.4 Å². The summed E-state index contributed by atoms with van der Waals surface area (Å²) in [6.07, 6.45) is 1.16. The van der Waals surface area contributed by atoms with Crippen LogP contribution in [0.25, 0.3) is 0 Å². The molecule has 0 saturated carbocycles. The summed E-state index contributed by atoms with van der Waals surface area (Å²) in [5, 5.41) is 5.82. The van der Waals surface area contributed by atoms with Crippen LogP contribution in [0.5, 0.6) is 0 Å². The van der Waals surface area contributed by atoms with Crippen LogP contribution in [0.2, 0.25) is 5.02 Å². The molecular weight excluding hydrogens is 292 g/mol. The van der Waals surface area contributed by atoms with Crippen LogP contribution in [0.15, 0.2) is 6.07 Å². The first-order valence-corrected chi connectivity index (χ1v) is 7.10. The van der Waals surface area contributed by atoms with E-state index in [9.17, 15) is 14.4 Å². The number of benzene rings is 1. The first-order chi connectivity index (χ1) is 9.81. The third-order valence-electron chi connectivity index (χ3n) is 3.59. The number of carbonyl (C=O) groups is 3. The lowest BCUT2D eigenvalue weighted by Crippen LogP contribution is -2.43. The van der Waals surface area contributed by atoms with E-state index in [0.29, 0.717) is 29.1 Å². The van der Waals surface area contributed by atoms with Crippen molar-refractivity contribution in [2.24, 2.45) is 0 Å². The molecule has 1 aromatic rings. The minimum absolute atomic E-state index is 0.185. The van der Waals surface area contributed by atoms with Crippen LogP contribution >= 0.6 is 11.6 Å². The van der Waals surface area contributed by atoms with Crippen molar-refractivity contribution in [3.05, 3.63) is 27.8 Å². The zero-order valence-corrected chi connectivity index (χ0v) is 12.9. The quantitative estimate of drug-likeness (QED) is 0.880. The molecule has 0 bridgehead atoms. The fourth-order valence-corrected chi connectivity index (χ4v) is 2.88. The number of halogens is 1. The monoisotopic (exact) mass is 308 g/mol. The highest BCUT2D eigenvalue weighted by molar-refractivity contribution is 6.32. The number of hydrogen-bond donors (Lipinski definition) is 2. The summed E-state index contributed by atoms with van der Waals surface area (Å²) in [6.45, 7) is 4.61. The molecule has 21 heavy (non-hydrogen) atoms. The highest BCUT2D eigenvalue weighted by atomic mass is 35.5. The van der Waals surface area contributed by atoms with Crippen LogP contribution in [-0.2, 0) is 16.0 Å². The van der Waals surface area contributed by atoms with E-state index in [1.54, 1.807) is 6.07 Å². The number of rotatable bonds is 2. The second kappa shape index (κ2) is 5.85. The van der Waals surface area contributed by atoms with Crippen LogP contribution < -0.4 is 10.6 Å². The Labute approximate surface area is 128 Å². The molecule has 112 valence electrons. The van der Waals surface area contributed by atoms with Gasteiger partial charge in [-0.05, 0) is 37.0 Å². The summed E-state index contributed by atoms with van der Waals surface area (Å²) in [7, 11) is 0. The molecule has 2 N–H and O–H groups in total. The fourth-order valence-electron chi connectivity index (χ4n) is 2.66. The Hall–Kier alpha value is -1.88. The Morgan fingerprint density at radius 3 is 2.52 bits per heavy atom. The van der Waals surface area contributed by atoms with Gasteiger partial charge in [-0.25, -0.2) is 0 Å². The number of amides is 2. The molecule has 2 amide bonds. The molecule has 1 aromatic carbocycles. The number of hydrogen-bond acceptors (Lipinski definition) is 3. The molecule has 0 heterocycles. The minimum Gasteiger partial charge on any atom is -0.346 e. The predicted octanol–water partition coefficient (Wildman–Crippen LogP) is 2.24. The number of Topliss-reactive ketones (excluding diaryl/α,β-unsaturated/α-hetero) is 1. The molecule has 1 aliphatic rings. The highest BCUT2D eigenvalue weighted by Gasteiger charge is 2.32. The summed E-state index contributed by atoms with van der Waals surface area (Å²) in [4.78, 5) is 35.1. The van der Waals surface area contributed by atoms with Crippen molar-refractivity contribution in [3.63, 3.8) is 0 Å². The SMILES string of the molecule is CC(=O)Nc1cc(Cl)c(C)c2c1C(=O)C(NC(C)=O)CC2. The van der Waals surface area contributed by atoms with Gasteiger partial charge in [0, 0.05) is 24.4 Å². The Bertz CT molecular complexity index is 640. The van der Waals surface area contributed by atoms with Crippen LogP contribution in [0.4, 0.5) is 5.69 Å². The van der Waals surface area contributed by atoms with E-state index in [1.165, 1.54) is 13.8 Å². The van der Waals surface area contributed by atoms with E-state index < -0.39 is 6.04 Å². The van der Waals surface area contributed by atoms with Crippen LogP contribution in [0.3, 0.4) is 0 Å². The van der Waals surface area contributed by atoms with Gasteiger partial charge in [-0.2, -0.15) is 0 Å².